The van der Waals surface area contributed by atoms with Crippen LogP contribution in [0.1, 0.15) is 20.8 Å². The smallest absolute Gasteiger partial charge is 0.307 e. The first-order valence-corrected chi connectivity index (χ1v) is 3.43. The Morgan fingerprint density at radius 3 is 2.55 bits per heavy atom. The molecule has 1 heterocycles. The fraction of sp³-hybridized carbons (Fsp3) is 0.571. The van der Waals surface area contributed by atoms with E-state index >= 15 is 0 Å². The van der Waals surface area contributed by atoms with Gasteiger partial charge in [-0.15, -0.1) is 0 Å². The van der Waals surface area contributed by atoms with Gasteiger partial charge in [-0.2, -0.15) is 0 Å². The summed E-state index contributed by atoms with van der Waals surface area (Å²) in [6.07, 6.45) is 3.05. The highest BCUT2D eigenvalue weighted by molar-refractivity contribution is 5.66. The van der Waals surface area contributed by atoms with Crippen LogP contribution < -0.4 is 5.43 Å². The van der Waals surface area contributed by atoms with Crippen LogP contribution in [0.3, 0.4) is 0 Å². The van der Waals surface area contributed by atoms with E-state index in [1.54, 1.807) is 6.20 Å². The largest absolute Gasteiger partial charge is 0.433 e. The molecule has 0 aromatic rings. The Labute approximate surface area is 65.8 Å². The van der Waals surface area contributed by atoms with E-state index in [9.17, 15) is 4.79 Å². The van der Waals surface area contributed by atoms with Crippen molar-refractivity contribution in [2.75, 3.05) is 0 Å². The topological polar surface area (TPSA) is 51.2 Å². The molecule has 1 saturated heterocycles. The molecule has 0 aromatic carbocycles. The van der Waals surface area contributed by atoms with E-state index in [-0.39, 0.29) is 11.6 Å². The normalized spacial score (nSPS) is 20.5. The number of esters is 1. The summed E-state index contributed by atoms with van der Waals surface area (Å²) in [7, 11) is 0. The van der Waals surface area contributed by atoms with Crippen LogP contribution in [0.4, 0.5) is 0 Å². The summed E-state index contributed by atoms with van der Waals surface area (Å²) >= 11 is 0. The molecular weight excluding hydrogens is 144 g/mol. The van der Waals surface area contributed by atoms with E-state index in [0.29, 0.717) is 0 Å². The van der Waals surface area contributed by atoms with Crippen molar-refractivity contribution in [3.63, 3.8) is 0 Å². The van der Waals surface area contributed by atoms with Crippen LogP contribution in [0.25, 0.3) is 0 Å². The van der Waals surface area contributed by atoms with E-state index in [1.807, 2.05) is 18.9 Å². The van der Waals surface area contributed by atoms with Crippen LogP contribution in [0.5, 0.6) is 0 Å². The first-order valence-electron chi connectivity index (χ1n) is 3.43. The number of hydrogen-bond donors (Lipinski definition) is 1. The molecule has 1 N–H and O–H groups in total. The number of hydrazine groups is 1. The van der Waals surface area contributed by atoms with Crippen molar-refractivity contribution in [2.45, 2.75) is 26.4 Å². The lowest BCUT2D eigenvalue weighted by Gasteiger charge is -1.95. The van der Waals surface area contributed by atoms with Gasteiger partial charge in [-0.1, -0.05) is 0 Å². The molecule has 11 heavy (non-hydrogen) atoms. The molecule has 0 aromatic heterocycles. The highest BCUT2D eigenvalue weighted by Gasteiger charge is 2.39. The third-order valence-corrected chi connectivity index (χ3v) is 1.39. The van der Waals surface area contributed by atoms with Crippen molar-refractivity contribution < 1.29 is 9.53 Å². The summed E-state index contributed by atoms with van der Waals surface area (Å²) in [5.41, 5.74) is 3.05. The molecule has 0 atom stereocenters. The van der Waals surface area contributed by atoms with Gasteiger partial charge in [0.1, 0.15) is 11.9 Å². The van der Waals surface area contributed by atoms with Gasteiger partial charge in [0.25, 0.3) is 0 Å². The fourth-order valence-corrected chi connectivity index (χ4v) is 0.680. The Kier molecular flexibility index (Phi) is 1.87. The van der Waals surface area contributed by atoms with Gasteiger partial charge in [-0.25, -0.2) is 5.43 Å². The van der Waals surface area contributed by atoms with Crippen molar-refractivity contribution in [1.29, 1.82) is 0 Å². The van der Waals surface area contributed by atoms with Gasteiger partial charge >= 0.3 is 5.97 Å². The Bertz CT molecular complexity index is 199. The Balaban J connectivity index is 2.23. The van der Waals surface area contributed by atoms with Gasteiger partial charge in [0.05, 0.1) is 6.20 Å². The second-order valence-corrected chi connectivity index (χ2v) is 2.94. The molecule has 1 fully saturated rings. The molecule has 1 aliphatic heterocycles. The van der Waals surface area contributed by atoms with Crippen LogP contribution in [0.15, 0.2) is 12.5 Å². The molecule has 0 aliphatic carbocycles. The van der Waals surface area contributed by atoms with Crippen molar-refractivity contribution >= 4 is 5.97 Å². The fourth-order valence-electron chi connectivity index (χ4n) is 0.680. The van der Waals surface area contributed by atoms with Crippen molar-refractivity contribution in [2.24, 2.45) is 0 Å². The maximum absolute atomic E-state index is 10.3. The van der Waals surface area contributed by atoms with Crippen LogP contribution in [-0.4, -0.2) is 16.6 Å². The van der Waals surface area contributed by atoms with Crippen LogP contribution in [-0.2, 0) is 9.53 Å². The van der Waals surface area contributed by atoms with E-state index in [0.717, 1.165) is 0 Å². The summed E-state index contributed by atoms with van der Waals surface area (Å²) in [5.74, 6) is -0.305. The minimum atomic E-state index is -0.305. The number of hydrogen-bond acceptors (Lipinski definition) is 4. The summed E-state index contributed by atoms with van der Waals surface area (Å²) < 4.78 is 4.58. The first-order chi connectivity index (χ1) is 5.02. The van der Waals surface area contributed by atoms with Crippen molar-refractivity contribution in [1.82, 2.24) is 10.4 Å². The van der Waals surface area contributed by atoms with E-state index in [2.05, 4.69) is 10.2 Å². The van der Waals surface area contributed by atoms with Crippen LogP contribution in [0, 0.1) is 0 Å². The van der Waals surface area contributed by atoms with E-state index in [4.69, 9.17) is 0 Å². The maximum atomic E-state index is 10.3. The molecule has 0 amide bonds. The monoisotopic (exact) mass is 156 g/mol. The van der Waals surface area contributed by atoms with Gasteiger partial charge in [0.2, 0.25) is 0 Å². The number of nitrogens with zero attached hydrogens (tertiary/aromatic N) is 1. The SMILES string of the molecule is CC(=O)O/C=C/N1NC1(C)C. The Morgan fingerprint density at radius 2 is 2.18 bits per heavy atom. The third-order valence-electron chi connectivity index (χ3n) is 1.39. The highest BCUT2D eigenvalue weighted by atomic mass is 16.5. The maximum Gasteiger partial charge on any atom is 0.307 e. The lowest BCUT2D eigenvalue weighted by Crippen LogP contribution is -2.03. The second kappa shape index (κ2) is 2.54. The number of nitrogens with one attached hydrogen (secondary N) is 1. The second-order valence-electron chi connectivity index (χ2n) is 2.94. The molecule has 0 radical (unpaired) electrons. The molecule has 0 unspecified atom stereocenters. The summed E-state index contributed by atoms with van der Waals surface area (Å²) in [5, 5.41) is 1.84. The quantitative estimate of drug-likeness (QED) is 0.361. The summed E-state index contributed by atoms with van der Waals surface area (Å²) in [6.45, 7) is 5.40. The molecule has 1 aliphatic rings. The molecule has 4 nitrogen and oxygen atoms in total. The predicted molar refractivity (Wildman–Crippen MR) is 40.0 cm³/mol. The zero-order valence-corrected chi connectivity index (χ0v) is 6.92. The average molecular weight is 156 g/mol. The Hall–Kier alpha value is -1.03. The Morgan fingerprint density at radius 1 is 1.64 bits per heavy atom. The molecule has 0 spiro atoms. The highest BCUT2D eigenvalue weighted by Crippen LogP contribution is 2.22. The van der Waals surface area contributed by atoms with Crippen LogP contribution >= 0.6 is 0 Å². The van der Waals surface area contributed by atoms with E-state index < -0.39 is 0 Å². The zero-order valence-electron chi connectivity index (χ0n) is 6.92. The number of ether oxygens (including phenoxy) is 1. The van der Waals surface area contributed by atoms with Gasteiger partial charge in [0, 0.05) is 6.92 Å². The standard InChI is InChI=1S/C7H12N2O2/c1-6(10)11-5-4-9-7(2,3)8-9/h4-5,8H,1-3H3/b5-4+. The first kappa shape index (κ1) is 8.07. The van der Waals surface area contributed by atoms with Crippen LogP contribution in [0.2, 0.25) is 0 Å². The zero-order chi connectivity index (χ0) is 8.48. The minimum absolute atomic E-state index is 0.0106. The molecule has 0 bridgehead atoms. The van der Waals surface area contributed by atoms with Gasteiger partial charge in [-0.3, -0.25) is 9.80 Å². The number of rotatable bonds is 2. The molecule has 62 valence electrons. The lowest BCUT2D eigenvalue weighted by molar-refractivity contribution is -0.135. The third kappa shape index (κ3) is 2.23. The summed E-state index contributed by atoms with van der Waals surface area (Å²) in [4.78, 5) is 10.3. The minimum Gasteiger partial charge on any atom is -0.433 e. The van der Waals surface area contributed by atoms with Gasteiger partial charge in [-0.05, 0) is 13.8 Å². The van der Waals surface area contributed by atoms with Crippen molar-refractivity contribution in [3.8, 4) is 0 Å². The molecule has 1 rings (SSSR count). The number of carbonyl (C=O) groups excluding carboxylic acids is 1. The predicted octanol–water partition coefficient (Wildman–Crippen LogP) is 0.577. The molecular formula is C7H12N2O2. The van der Waals surface area contributed by atoms with Gasteiger partial charge < -0.3 is 4.74 Å². The molecule has 4 heteroatoms. The lowest BCUT2D eigenvalue weighted by atomic mass is 10.3. The van der Waals surface area contributed by atoms with Crippen molar-refractivity contribution in [3.05, 3.63) is 12.5 Å². The molecule has 0 saturated carbocycles. The number of carbonyl (C=O) groups is 1. The van der Waals surface area contributed by atoms with E-state index in [1.165, 1.54) is 13.2 Å². The average Bonchev–Trinajstić information content (AvgIpc) is 2.39. The summed E-state index contributed by atoms with van der Waals surface area (Å²) in [6, 6.07) is 0. The van der Waals surface area contributed by atoms with Gasteiger partial charge in [0.15, 0.2) is 0 Å².